The first-order chi connectivity index (χ1) is 14.8. The van der Waals surface area contributed by atoms with Crippen molar-refractivity contribution < 1.29 is 19.1 Å². The lowest BCUT2D eigenvalue weighted by Gasteiger charge is -2.18. The molecule has 164 valence electrons. The molecular formula is C23H22Cl3NO4. The van der Waals surface area contributed by atoms with Crippen molar-refractivity contribution >= 4 is 46.5 Å². The number of carbonyl (C=O) groups is 2. The lowest BCUT2D eigenvalue weighted by molar-refractivity contribution is -0.123. The molecular weight excluding hydrogens is 461 g/mol. The van der Waals surface area contributed by atoms with Crippen molar-refractivity contribution in [2.24, 2.45) is 0 Å². The molecule has 1 unspecified atom stereocenters. The first kappa shape index (κ1) is 23.6. The Bertz CT molecular complexity index is 987. The summed E-state index contributed by atoms with van der Waals surface area (Å²) in [7, 11) is 0. The Labute approximate surface area is 196 Å². The van der Waals surface area contributed by atoms with Gasteiger partial charge in [-0.2, -0.15) is 0 Å². The third-order valence-electron chi connectivity index (χ3n) is 4.92. The summed E-state index contributed by atoms with van der Waals surface area (Å²) < 4.78 is 10.9. The topological polar surface area (TPSA) is 67.9 Å². The average Bonchev–Trinajstić information content (AvgIpc) is 3.60. The minimum Gasteiger partial charge on any atom is -0.482 e. The van der Waals surface area contributed by atoms with Crippen LogP contribution in [0.2, 0.25) is 15.1 Å². The summed E-state index contributed by atoms with van der Waals surface area (Å²) in [5.74, 6) is -0.369. The highest BCUT2D eigenvalue weighted by Gasteiger charge is 2.34. The molecule has 2 aromatic carbocycles. The van der Waals surface area contributed by atoms with Crippen molar-refractivity contribution in [3.63, 3.8) is 0 Å². The summed E-state index contributed by atoms with van der Waals surface area (Å²) in [5.41, 5.74) is 1.72. The summed E-state index contributed by atoms with van der Waals surface area (Å²) in [6.45, 7) is 5.90. The first-order valence-corrected chi connectivity index (χ1v) is 10.9. The van der Waals surface area contributed by atoms with Crippen molar-refractivity contribution in [3.8, 4) is 5.75 Å². The fourth-order valence-electron chi connectivity index (χ4n) is 3.00. The van der Waals surface area contributed by atoms with Crippen LogP contribution < -0.4 is 10.1 Å². The lowest BCUT2D eigenvalue weighted by atomic mass is 10.0. The highest BCUT2D eigenvalue weighted by atomic mass is 35.5. The van der Waals surface area contributed by atoms with Gasteiger partial charge in [0.15, 0.2) is 12.4 Å². The Morgan fingerprint density at radius 2 is 1.84 bits per heavy atom. The van der Waals surface area contributed by atoms with Crippen LogP contribution in [0, 0.1) is 0 Å². The van der Waals surface area contributed by atoms with Crippen molar-refractivity contribution in [2.45, 2.75) is 31.9 Å². The molecule has 0 radical (unpaired) electrons. The summed E-state index contributed by atoms with van der Waals surface area (Å²) in [4.78, 5) is 24.8. The largest absolute Gasteiger partial charge is 0.482 e. The maximum atomic E-state index is 12.4. The van der Waals surface area contributed by atoms with Gasteiger partial charge in [0.1, 0.15) is 16.9 Å². The second-order valence-corrected chi connectivity index (χ2v) is 8.38. The summed E-state index contributed by atoms with van der Waals surface area (Å²) in [6, 6.07) is 10.3. The number of ketones is 1. The van der Waals surface area contributed by atoms with Gasteiger partial charge in [-0.3, -0.25) is 9.59 Å². The second-order valence-electron chi connectivity index (χ2n) is 7.19. The van der Waals surface area contributed by atoms with E-state index in [1.165, 1.54) is 12.1 Å². The minimum atomic E-state index is -0.318. The molecule has 0 spiro atoms. The molecule has 1 heterocycles. The van der Waals surface area contributed by atoms with Crippen LogP contribution in [-0.2, 0) is 16.0 Å². The van der Waals surface area contributed by atoms with Gasteiger partial charge in [-0.15, -0.1) is 0 Å². The molecule has 2 atom stereocenters. The molecule has 2 aromatic rings. The SMILES string of the molecule is C=C(CC)C(=O)c1ccc(OCC(=O)N[C@H](Cc2ccc(Cl)cc2)C2CO2)c(Cl)c1Cl. The Hall–Kier alpha value is -2.05. The number of nitrogens with one attached hydrogen (secondary N) is 1. The van der Waals surface area contributed by atoms with Crippen molar-refractivity contribution in [2.75, 3.05) is 13.2 Å². The van der Waals surface area contributed by atoms with E-state index in [0.717, 1.165) is 5.56 Å². The van der Waals surface area contributed by atoms with E-state index in [2.05, 4.69) is 11.9 Å². The predicted octanol–water partition coefficient (Wildman–Crippen LogP) is 5.30. The number of amides is 1. The van der Waals surface area contributed by atoms with Crippen LogP contribution in [0.3, 0.4) is 0 Å². The number of hydrogen-bond donors (Lipinski definition) is 1. The highest BCUT2D eigenvalue weighted by molar-refractivity contribution is 6.45. The zero-order valence-electron chi connectivity index (χ0n) is 16.9. The van der Waals surface area contributed by atoms with Crippen LogP contribution in [0.4, 0.5) is 0 Å². The molecule has 1 aliphatic heterocycles. The van der Waals surface area contributed by atoms with Crippen LogP contribution >= 0.6 is 34.8 Å². The van der Waals surface area contributed by atoms with Gasteiger partial charge in [-0.1, -0.05) is 60.4 Å². The van der Waals surface area contributed by atoms with Crippen molar-refractivity contribution in [1.82, 2.24) is 5.32 Å². The van der Waals surface area contributed by atoms with E-state index < -0.39 is 0 Å². The van der Waals surface area contributed by atoms with Gasteiger partial charge in [0, 0.05) is 10.6 Å². The maximum absolute atomic E-state index is 12.4. The number of carbonyl (C=O) groups excluding carboxylic acids is 2. The van der Waals surface area contributed by atoms with Gasteiger partial charge < -0.3 is 14.8 Å². The molecule has 31 heavy (non-hydrogen) atoms. The average molecular weight is 483 g/mol. The van der Waals surface area contributed by atoms with Gasteiger partial charge in [0.25, 0.3) is 5.91 Å². The molecule has 1 aliphatic rings. The fraction of sp³-hybridized carbons (Fsp3) is 0.304. The van der Waals surface area contributed by atoms with Gasteiger partial charge >= 0.3 is 0 Å². The van der Waals surface area contributed by atoms with Crippen molar-refractivity contribution in [1.29, 1.82) is 0 Å². The zero-order chi connectivity index (χ0) is 22.5. The third kappa shape index (κ3) is 6.23. The Balaban J connectivity index is 1.60. The van der Waals surface area contributed by atoms with Crippen LogP contribution in [0.25, 0.3) is 0 Å². The summed E-state index contributed by atoms with van der Waals surface area (Å²) in [6.07, 6.45) is 1.08. The van der Waals surface area contributed by atoms with E-state index >= 15 is 0 Å². The number of ether oxygens (including phenoxy) is 2. The number of rotatable bonds is 10. The number of halogens is 3. The van der Waals surface area contributed by atoms with E-state index in [-0.39, 0.29) is 51.8 Å². The number of allylic oxidation sites excluding steroid dienone is 1. The van der Waals surface area contributed by atoms with Crippen molar-refractivity contribution in [3.05, 3.63) is 74.7 Å². The number of epoxide rings is 1. The van der Waals surface area contributed by atoms with Gasteiger partial charge in [-0.05, 0) is 48.2 Å². The smallest absolute Gasteiger partial charge is 0.258 e. The molecule has 8 heteroatoms. The predicted molar refractivity (Wildman–Crippen MR) is 123 cm³/mol. The molecule has 5 nitrogen and oxygen atoms in total. The zero-order valence-corrected chi connectivity index (χ0v) is 19.2. The van der Waals surface area contributed by atoms with E-state index in [1.807, 2.05) is 31.2 Å². The van der Waals surface area contributed by atoms with E-state index in [9.17, 15) is 9.59 Å². The second kappa shape index (κ2) is 10.5. The molecule has 0 saturated carbocycles. The molecule has 0 aliphatic carbocycles. The third-order valence-corrected chi connectivity index (χ3v) is 6.04. The normalized spacial score (nSPS) is 15.8. The number of hydrogen-bond acceptors (Lipinski definition) is 4. The van der Waals surface area contributed by atoms with Crippen LogP contribution in [-0.4, -0.2) is 37.0 Å². The van der Waals surface area contributed by atoms with Crippen LogP contribution in [0.15, 0.2) is 48.6 Å². The standard InChI is InChI=1S/C23H22Cl3NO4/c1-3-13(2)23(29)16-8-9-18(22(26)21(16)25)31-12-20(28)27-17(19-11-30-19)10-14-4-6-15(24)7-5-14/h4-9,17,19H,2-3,10-12H2,1H3,(H,27,28)/t17-,19?/m1/s1. The number of benzene rings is 2. The Morgan fingerprint density at radius 1 is 1.16 bits per heavy atom. The molecule has 1 amide bonds. The summed E-state index contributed by atoms with van der Waals surface area (Å²) >= 11 is 18.4. The number of Topliss-reactive ketones (excluding diaryl/α,β-unsaturated/α-hetero) is 1. The molecule has 1 N–H and O–H groups in total. The monoisotopic (exact) mass is 481 g/mol. The Kier molecular flexibility index (Phi) is 8.00. The minimum absolute atomic E-state index is 0.0328. The lowest BCUT2D eigenvalue weighted by Crippen LogP contribution is -2.42. The van der Waals surface area contributed by atoms with Gasteiger partial charge in [0.05, 0.1) is 17.7 Å². The highest BCUT2D eigenvalue weighted by Crippen LogP contribution is 2.35. The van der Waals surface area contributed by atoms with Crippen LogP contribution in [0.5, 0.6) is 5.75 Å². The molecule has 0 aromatic heterocycles. The maximum Gasteiger partial charge on any atom is 0.258 e. The van der Waals surface area contributed by atoms with Gasteiger partial charge in [-0.25, -0.2) is 0 Å². The summed E-state index contributed by atoms with van der Waals surface area (Å²) in [5, 5.41) is 3.74. The molecule has 1 saturated heterocycles. The fourth-order valence-corrected chi connectivity index (χ4v) is 3.59. The molecule has 1 fully saturated rings. The molecule has 0 bridgehead atoms. The van der Waals surface area contributed by atoms with Crippen LogP contribution in [0.1, 0.15) is 29.3 Å². The van der Waals surface area contributed by atoms with E-state index in [0.29, 0.717) is 30.0 Å². The first-order valence-electron chi connectivity index (χ1n) is 9.78. The molecule has 3 rings (SSSR count). The van der Waals surface area contributed by atoms with Gasteiger partial charge in [0.2, 0.25) is 0 Å². The quantitative estimate of drug-likeness (QED) is 0.283. The van der Waals surface area contributed by atoms with E-state index in [4.69, 9.17) is 44.3 Å². The Morgan fingerprint density at radius 3 is 2.45 bits per heavy atom. The van der Waals surface area contributed by atoms with E-state index in [1.54, 1.807) is 0 Å².